The molecule has 2 aromatic carbocycles. The number of aromatic nitrogens is 1. The lowest BCUT2D eigenvalue weighted by atomic mass is 10.1. The number of pyridine rings is 1. The summed E-state index contributed by atoms with van der Waals surface area (Å²) < 4.78 is 13.0. The summed E-state index contributed by atoms with van der Waals surface area (Å²) in [6.45, 7) is 2.20. The zero-order valence-electron chi connectivity index (χ0n) is 13.1. The normalized spacial score (nSPS) is 12.1. The maximum atomic E-state index is 5.40. The van der Waals surface area contributed by atoms with Crippen LogP contribution in [0.3, 0.4) is 0 Å². The van der Waals surface area contributed by atoms with E-state index in [9.17, 15) is 0 Å². The number of ether oxygens (including phenoxy) is 2. The van der Waals surface area contributed by atoms with Crippen LogP contribution in [0.25, 0.3) is 10.8 Å². The molecule has 1 aromatic heterocycles. The van der Waals surface area contributed by atoms with Crippen molar-refractivity contribution in [3.8, 4) is 11.5 Å². The van der Waals surface area contributed by atoms with E-state index in [1.165, 1.54) is 5.56 Å². The molecule has 3 nitrogen and oxygen atoms in total. The molecule has 112 valence electrons. The maximum absolute atomic E-state index is 5.40. The van der Waals surface area contributed by atoms with Gasteiger partial charge in [-0.1, -0.05) is 30.3 Å². The van der Waals surface area contributed by atoms with Gasteiger partial charge in [-0.2, -0.15) is 4.57 Å². The lowest BCUT2D eigenvalue weighted by Crippen LogP contribution is -2.37. The Morgan fingerprint density at radius 2 is 1.50 bits per heavy atom. The van der Waals surface area contributed by atoms with E-state index in [1.807, 2.05) is 18.2 Å². The fraction of sp³-hybridized carbons (Fsp3) is 0.211. The van der Waals surface area contributed by atoms with Gasteiger partial charge in [0.2, 0.25) is 0 Å². The first-order chi connectivity index (χ1) is 10.7. The lowest BCUT2D eigenvalue weighted by molar-refractivity contribution is -0.709. The molecular weight excluding hydrogens is 274 g/mol. The fourth-order valence-corrected chi connectivity index (χ4v) is 2.68. The predicted molar refractivity (Wildman–Crippen MR) is 87.5 cm³/mol. The third kappa shape index (κ3) is 2.62. The molecule has 0 amide bonds. The summed E-state index contributed by atoms with van der Waals surface area (Å²) in [5, 5.41) is 2.26. The average Bonchev–Trinajstić information content (AvgIpc) is 2.60. The summed E-state index contributed by atoms with van der Waals surface area (Å²) >= 11 is 0. The molecule has 0 radical (unpaired) electrons. The summed E-state index contributed by atoms with van der Waals surface area (Å²) in [6, 6.07) is 16.9. The summed E-state index contributed by atoms with van der Waals surface area (Å²) in [4.78, 5) is 0. The Morgan fingerprint density at radius 3 is 2.14 bits per heavy atom. The first-order valence-electron chi connectivity index (χ1n) is 7.34. The number of methoxy groups -OCH3 is 2. The molecule has 0 aliphatic rings. The quantitative estimate of drug-likeness (QED) is 0.684. The Hall–Kier alpha value is -2.55. The average molecular weight is 294 g/mol. The summed E-state index contributed by atoms with van der Waals surface area (Å²) in [6.07, 6.45) is 4.25. The molecule has 3 heteroatoms. The SMILES string of the molecule is COc1cc2cc[n+]([C@H](C)c3ccccc3)cc2cc1OC. The van der Waals surface area contributed by atoms with Gasteiger partial charge in [0.25, 0.3) is 0 Å². The van der Waals surface area contributed by atoms with Crippen molar-refractivity contribution in [3.05, 3.63) is 66.5 Å². The second-order valence-electron chi connectivity index (χ2n) is 5.31. The van der Waals surface area contributed by atoms with Crippen LogP contribution < -0.4 is 14.0 Å². The van der Waals surface area contributed by atoms with E-state index in [4.69, 9.17) is 9.47 Å². The fourth-order valence-electron chi connectivity index (χ4n) is 2.68. The molecule has 0 bridgehead atoms. The van der Waals surface area contributed by atoms with Gasteiger partial charge in [0, 0.05) is 23.9 Å². The first-order valence-corrected chi connectivity index (χ1v) is 7.34. The molecule has 0 unspecified atom stereocenters. The van der Waals surface area contributed by atoms with Crippen molar-refractivity contribution in [1.82, 2.24) is 0 Å². The number of benzene rings is 2. The van der Waals surface area contributed by atoms with E-state index in [2.05, 4.69) is 54.2 Å². The van der Waals surface area contributed by atoms with Crippen molar-refractivity contribution < 1.29 is 14.0 Å². The Bertz CT molecular complexity index is 784. The minimum absolute atomic E-state index is 0.277. The van der Waals surface area contributed by atoms with Crippen molar-refractivity contribution >= 4 is 10.8 Å². The highest BCUT2D eigenvalue weighted by Crippen LogP contribution is 2.31. The van der Waals surface area contributed by atoms with Gasteiger partial charge in [-0.3, -0.25) is 0 Å². The lowest BCUT2D eigenvalue weighted by Gasteiger charge is -2.11. The summed E-state index contributed by atoms with van der Waals surface area (Å²) in [7, 11) is 3.32. The number of fused-ring (bicyclic) bond motifs is 1. The molecule has 3 rings (SSSR count). The van der Waals surface area contributed by atoms with Gasteiger partial charge < -0.3 is 9.47 Å². The minimum atomic E-state index is 0.277. The van der Waals surface area contributed by atoms with Crippen LogP contribution in [-0.2, 0) is 0 Å². The minimum Gasteiger partial charge on any atom is -0.493 e. The van der Waals surface area contributed by atoms with E-state index in [0.717, 1.165) is 22.3 Å². The third-order valence-corrected chi connectivity index (χ3v) is 4.03. The second-order valence-corrected chi connectivity index (χ2v) is 5.31. The molecule has 0 spiro atoms. The molecule has 3 aromatic rings. The zero-order chi connectivity index (χ0) is 15.5. The number of hydrogen-bond acceptors (Lipinski definition) is 2. The van der Waals surface area contributed by atoms with Crippen LogP contribution in [0.2, 0.25) is 0 Å². The largest absolute Gasteiger partial charge is 0.493 e. The molecule has 0 aliphatic heterocycles. The molecule has 1 atom stereocenters. The highest BCUT2D eigenvalue weighted by atomic mass is 16.5. The second kappa shape index (κ2) is 6.06. The van der Waals surface area contributed by atoms with E-state index >= 15 is 0 Å². The van der Waals surface area contributed by atoms with E-state index in [0.29, 0.717) is 0 Å². The molecule has 0 N–H and O–H groups in total. The Balaban J connectivity index is 2.06. The smallest absolute Gasteiger partial charge is 0.180 e. The van der Waals surface area contributed by atoms with Crippen molar-refractivity contribution in [2.75, 3.05) is 14.2 Å². The standard InChI is InChI=1S/C19H20NO2/c1-14(15-7-5-4-6-8-15)20-10-9-16-11-18(21-2)19(22-3)12-17(16)13-20/h4-14H,1-3H3/q+1/t14-/m1/s1. The van der Waals surface area contributed by atoms with Crippen LogP contribution in [0.4, 0.5) is 0 Å². The Morgan fingerprint density at radius 1 is 0.864 bits per heavy atom. The van der Waals surface area contributed by atoms with Crippen LogP contribution in [0, 0.1) is 0 Å². The summed E-state index contributed by atoms with van der Waals surface area (Å²) in [5.41, 5.74) is 1.28. The molecule has 1 heterocycles. The van der Waals surface area contributed by atoms with Crippen molar-refractivity contribution in [1.29, 1.82) is 0 Å². The van der Waals surface area contributed by atoms with E-state index in [-0.39, 0.29) is 6.04 Å². The van der Waals surface area contributed by atoms with Gasteiger partial charge in [0.05, 0.1) is 14.2 Å². The number of hydrogen-bond donors (Lipinski definition) is 0. The van der Waals surface area contributed by atoms with Crippen molar-refractivity contribution in [2.45, 2.75) is 13.0 Å². The van der Waals surface area contributed by atoms with Crippen molar-refractivity contribution in [2.24, 2.45) is 0 Å². The van der Waals surface area contributed by atoms with Crippen LogP contribution >= 0.6 is 0 Å². The molecular formula is C19H20NO2+. The Labute approximate surface area is 130 Å². The predicted octanol–water partition coefficient (Wildman–Crippen LogP) is 3.75. The maximum Gasteiger partial charge on any atom is 0.180 e. The number of nitrogens with zero attached hydrogens (tertiary/aromatic N) is 1. The van der Waals surface area contributed by atoms with Gasteiger partial charge >= 0.3 is 0 Å². The van der Waals surface area contributed by atoms with Crippen LogP contribution in [-0.4, -0.2) is 14.2 Å². The first kappa shape index (κ1) is 14.4. The highest BCUT2D eigenvalue weighted by molar-refractivity contribution is 5.84. The highest BCUT2D eigenvalue weighted by Gasteiger charge is 2.16. The van der Waals surface area contributed by atoms with Gasteiger partial charge in [0.15, 0.2) is 29.9 Å². The van der Waals surface area contributed by atoms with Crippen LogP contribution in [0.15, 0.2) is 60.9 Å². The van der Waals surface area contributed by atoms with Crippen LogP contribution in [0.1, 0.15) is 18.5 Å². The number of rotatable bonds is 4. The van der Waals surface area contributed by atoms with Crippen molar-refractivity contribution in [3.63, 3.8) is 0 Å². The van der Waals surface area contributed by atoms with Gasteiger partial charge in [-0.05, 0) is 17.5 Å². The molecule has 22 heavy (non-hydrogen) atoms. The van der Waals surface area contributed by atoms with Gasteiger partial charge in [-0.15, -0.1) is 0 Å². The third-order valence-electron chi connectivity index (χ3n) is 4.03. The summed E-state index contributed by atoms with van der Waals surface area (Å²) in [5.74, 6) is 1.50. The topological polar surface area (TPSA) is 22.3 Å². The zero-order valence-corrected chi connectivity index (χ0v) is 13.1. The molecule has 0 fully saturated rings. The molecule has 0 saturated carbocycles. The van der Waals surface area contributed by atoms with Crippen LogP contribution in [0.5, 0.6) is 11.5 Å². The van der Waals surface area contributed by atoms with E-state index < -0.39 is 0 Å². The van der Waals surface area contributed by atoms with Gasteiger partial charge in [0.1, 0.15) is 0 Å². The van der Waals surface area contributed by atoms with E-state index in [1.54, 1.807) is 14.2 Å². The molecule has 0 saturated heterocycles. The monoisotopic (exact) mass is 294 g/mol. The van der Waals surface area contributed by atoms with Gasteiger partial charge in [-0.25, -0.2) is 0 Å². The Kier molecular flexibility index (Phi) is 3.96. The molecule has 0 aliphatic carbocycles.